The van der Waals surface area contributed by atoms with Crippen LogP contribution < -0.4 is 10.2 Å². The lowest BCUT2D eigenvalue weighted by Gasteiger charge is -2.22. The lowest BCUT2D eigenvalue weighted by molar-refractivity contribution is -0.114. The Morgan fingerprint density at radius 2 is 1.74 bits per heavy atom. The molecule has 0 bridgehead atoms. The van der Waals surface area contributed by atoms with Crippen molar-refractivity contribution in [3.63, 3.8) is 0 Å². The van der Waals surface area contributed by atoms with Crippen molar-refractivity contribution >= 4 is 23.0 Å². The molecule has 1 N–H and O–H groups in total. The first-order valence-electron chi connectivity index (χ1n) is 6.48. The van der Waals surface area contributed by atoms with E-state index < -0.39 is 0 Å². The van der Waals surface area contributed by atoms with Crippen LogP contribution in [-0.2, 0) is 11.2 Å². The van der Waals surface area contributed by atoms with E-state index in [2.05, 4.69) is 34.5 Å². The highest BCUT2D eigenvalue weighted by Gasteiger charge is 2.21. The zero-order valence-corrected chi connectivity index (χ0v) is 10.9. The highest BCUT2D eigenvalue weighted by Crippen LogP contribution is 2.37. The molecule has 1 aliphatic rings. The van der Waals surface area contributed by atoms with Crippen LogP contribution in [0.25, 0.3) is 0 Å². The number of hydrogen-bond acceptors (Lipinski definition) is 2. The number of rotatable bonds is 2. The molecule has 3 heteroatoms. The van der Waals surface area contributed by atoms with Crippen molar-refractivity contribution in [1.29, 1.82) is 0 Å². The topological polar surface area (TPSA) is 32.3 Å². The van der Waals surface area contributed by atoms with E-state index in [9.17, 15) is 4.79 Å². The Labute approximate surface area is 112 Å². The Kier molecular flexibility index (Phi) is 2.95. The molecule has 3 rings (SSSR count). The van der Waals surface area contributed by atoms with Gasteiger partial charge >= 0.3 is 0 Å². The summed E-state index contributed by atoms with van der Waals surface area (Å²) in [4.78, 5) is 13.6. The molecule has 0 aliphatic carbocycles. The van der Waals surface area contributed by atoms with Gasteiger partial charge in [0.05, 0.1) is 11.4 Å². The average Bonchev–Trinajstić information content (AvgIpc) is 2.82. The van der Waals surface area contributed by atoms with E-state index in [-0.39, 0.29) is 5.91 Å². The summed E-state index contributed by atoms with van der Waals surface area (Å²) in [7, 11) is 0. The number of anilines is 3. The maximum atomic E-state index is 11.3. The highest BCUT2D eigenvalue weighted by atomic mass is 16.1. The smallest absolute Gasteiger partial charge is 0.221 e. The Balaban J connectivity index is 2.02. The van der Waals surface area contributed by atoms with Gasteiger partial charge < -0.3 is 10.2 Å². The summed E-state index contributed by atoms with van der Waals surface area (Å²) < 4.78 is 0. The molecule has 3 nitrogen and oxygen atoms in total. The maximum absolute atomic E-state index is 11.3. The molecule has 1 heterocycles. The van der Waals surface area contributed by atoms with E-state index >= 15 is 0 Å². The largest absolute Gasteiger partial charge is 0.339 e. The van der Waals surface area contributed by atoms with Crippen molar-refractivity contribution in [2.24, 2.45) is 0 Å². The van der Waals surface area contributed by atoms with Crippen LogP contribution in [0.1, 0.15) is 12.5 Å². The molecule has 0 spiro atoms. The number of nitrogens with one attached hydrogen (secondary N) is 1. The summed E-state index contributed by atoms with van der Waals surface area (Å²) in [6, 6.07) is 16.4. The van der Waals surface area contributed by atoms with Crippen LogP contribution in [0, 0.1) is 0 Å². The lowest BCUT2D eigenvalue weighted by Crippen LogP contribution is -2.16. The van der Waals surface area contributed by atoms with Gasteiger partial charge in [-0.15, -0.1) is 0 Å². The average molecular weight is 252 g/mol. The van der Waals surface area contributed by atoms with E-state index in [0.717, 1.165) is 24.3 Å². The predicted molar refractivity (Wildman–Crippen MR) is 77.9 cm³/mol. The molecule has 1 amide bonds. The summed E-state index contributed by atoms with van der Waals surface area (Å²) in [5, 5.41) is 2.90. The zero-order valence-electron chi connectivity index (χ0n) is 10.9. The molecule has 0 atom stereocenters. The fraction of sp³-hybridized carbons (Fsp3) is 0.188. The predicted octanol–water partition coefficient (Wildman–Crippen LogP) is 3.34. The quantitative estimate of drug-likeness (QED) is 0.889. The van der Waals surface area contributed by atoms with E-state index in [0.29, 0.717) is 0 Å². The zero-order chi connectivity index (χ0) is 13.2. The summed E-state index contributed by atoms with van der Waals surface area (Å²) >= 11 is 0. The number of amides is 1. The summed E-state index contributed by atoms with van der Waals surface area (Å²) in [6.45, 7) is 2.49. The summed E-state index contributed by atoms with van der Waals surface area (Å²) in [5.41, 5.74) is 4.52. The molecule has 0 saturated carbocycles. The van der Waals surface area contributed by atoms with Gasteiger partial charge in [0.15, 0.2) is 0 Å². The van der Waals surface area contributed by atoms with Gasteiger partial charge in [-0.3, -0.25) is 4.79 Å². The van der Waals surface area contributed by atoms with Crippen LogP contribution in [0.15, 0.2) is 48.5 Å². The van der Waals surface area contributed by atoms with Crippen LogP contribution in [0.2, 0.25) is 0 Å². The van der Waals surface area contributed by atoms with Gasteiger partial charge in [0.25, 0.3) is 0 Å². The Morgan fingerprint density at radius 3 is 2.53 bits per heavy atom. The second kappa shape index (κ2) is 4.76. The van der Waals surface area contributed by atoms with Crippen molar-refractivity contribution in [2.45, 2.75) is 13.3 Å². The van der Waals surface area contributed by atoms with Crippen molar-refractivity contribution in [2.75, 3.05) is 16.8 Å². The number of fused-ring (bicyclic) bond motifs is 1. The fourth-order valence-electron chi connectivity index (χ4n) is 2.59. The first kappa shape index (κ1) is 11.8. The molecular weight excluding hydrogens is 236 g/mol. The van der Waals surface area contributed by atoms with Gasteiger partial charge in [0, 0.05) is 19.2 Å². The number of para-hydroxylation sites is 3. The van der Waals surface area contributed by atoms with Crippen LogP contribution in [0.5, 0.6) is 0 Å². The number of carbonyl (C=O) groups excluding carboxylic acids is 1. The standard InChI is InChI=1S/C16H16N2O/c1-12(19)17-14-7-3-5-9-16(14)18-11-10-13-6-2-4-8-15(13)18/h2-9H,10-11H2,1H3,(H,17,19). The molecule has 2 aromatic carbocycles. The molecule has 0 fully saturated rings. The second-order valence-electron chi connectivity index (χ2n) is 4.73. The molecule has 1 aliphatic heterocycles. The number of carbonyl (C=O) groups is 1. The van der Waals surface area contributed by atoms with Crippen molar-refractivity contribution in [3.05, 3.63) is 54.1 Å². The first-order valence-corrected chi connectivity index (χ1v) is 6.48. The van der Waals surface area contributed by atoms with Crippen LogP contribution in [0.4, 0.5) is 17.1 Å². The van der Waals surface area contributed by atoms with Gasteiger partial charge in [0.2, 0.25) is 5.91 Å². The molecule has 0 unspecified atom stereocenters. The summed E-state index contributed by atoms with van der Waals surface area (Å²) in [6.07, 6.45) is 1.05. The van der Waals surface area contributed by atoms with E-state index in [4.69, 9.17) is 0 Å². The SMILES string of the molecule is CC(=O)Nc1ccccc1N1CCc2ccccc21. The molecule has 2 aromatic rings. The molecular formula is C16H16N2O. The van der Waals surface area contributed by atoms with Crippen molar-refractivity contribution in [3.8, 4) is 0 Å². The molecule has 96 valence electrons. The lowest BCUT2D eigenvalue weighted by atomic mass is 10.2. The minimum absolute atomic E-state index is 0.0417. The Morgan fingerprint density at radius 1 is 1.05 bits per heavy atom. The molecule has 0 saturated heterocycles. The Bertz CT molecular complexity index is 622. The van der Waals surface area contributed by atoms with Gasteiger partial charge in [-0.05, 0) is 30.2 Å². The maximum Gasteiger partial charge on any atom is 0.221 e. The molecule has 0 radical (unpaired) electrons. The van der Waals surface area contributed by atoms with Crippen molar-refractivity contribution < 1.29 is 4.79 Å². The third-order valence-electron chi connectivity index (χ3n) is 3.39. The number of nitrogens with zero attached hydrogens (tertiary/aromatic N) is 1. The van der Waals surface area contributed by atoms with Crippen LogP contribution in [0.3, 0.4) is 0 Å². The fourth-order valence-corrected chi connectivity index (χ4v) is 2.59. The van der Waals surface area contributed by atoms with E-state index in [1.807, 2.05) is 24.3 Å². The third-order valence-corrected chi connectivity index (χ3v) is 3.39. The van der Waals surface area contributed by atoms with Gasteiger partial charge in [0.1, 0.15) is 0 Å². The first-order chi connectivity index (χ1) is 9.25. The van der Waals surface area contributed by atoms with Gasteiger partial charge in [-0.2, -0.15) is 0 Å². The number of benzene rings is 2. The van der Waals surface area contributed by atoms with Gasteiger partial charge in [-0.1, -0.05) is 30.3 Å². The normalized spacial score (nSPS) is 13.2. The number of hydrogen-bond donors (Lipinski definition) is 1. The monoisotopic (exact) mass is 252 g/mol. The Hall–Kier alpha value is -2.29. The van der Waals surface area contributed by atoms with E-state index in [1.165, 1.54) is 18.2 Å². The van der Waals surface area contributed by atoms with Gasteiger partial charge in [-0.25, -0.2) is 0 Å². The molecule has 0 aromatic heterocycles. The highest BCUT2D eigenvalue weighted by molar-refractivity contribution is 5.94. The van der Waals surface area contributed by atoms with E-state index in [1.54, 1.807) is 0 Å². The minimum atomic E-state index is -0.0417. The third kappa shape index (κ3) is 2.19. The second-order valence-corrected chi connectivity index (χ2v) is 4.73. The summed E-state index contributed by atoms with van der Waals surface area (Å²) in [5.74, 6) is -0.0417. The van der Waals surface area contributed by atoms with Crippen molar-refractivity contribution in [1.82, 2.24) is 0 Å². The minimum Gasteiger partial charge on any atom is -0.339 e. The van der Waals surface area contributed by atoms with Crippen LogP contribution >= 0.6 is 0 Å². The molecule has 19 heavy (non-hydrogen) atoms. The van der Waals surface area contributed by atoms with Crippen LogP contribution in [-0.4, -0.2) is 12.5 Å².